The molecule has 0 aliphatic rings. The van der Waals surface area contributed by atoms with E-state index >= 15 is 0 Å². The summed E-state index contributed by atoms with van der Waals surface area (Å²) in [5, 5.41) is 27.0. The lowest BCUT2D eigenvalue weighted by atomic mass is 10.1. The Morgan fingerprint density at radius 1 is 0.810 bits per heavy atom. The highest BCUT2D eigenvalue weighted by molar-refractivity contribution is 5.27. The second-order valence-electron chi connectivity index (χ2n) is 4.55. The van der Waals surface area contributed by atoms with Gasteiger partial charge in [0.2, 0.25) is 0 Å². The molecule has 5 nitrogen and oxygen atoms in total. The van der Waals surface area contributed by atoms with E-state index in [1.54, 1.807) is 24.3 Å². The van der Waals surface area contributed by atoms with E-state index in [2.05, 4.69) is 0 Å². The van der Waals surface area contributed by atoms with Crippen molar-refractivity contribution in [3.05, 3.63) is 59.7 Å². The van der Waals surface area contributed by atoms with Gasteiger partial charge in [0.05, 0.1) is 6.10 Å². The molecule has 21 heavy (non-hydrogen) atoms. The standard InChI is InChI=1S/C8H11NO2.C8H11NO/c9-5-8(11)6-1-3-7(10)4-2-6;9-6-5-7-1-3-8(10)4-2-7/h1-4,8,10-11H,5,9H2;1-4,10H,5-6,9H2. The molecule has 5 heteroatoms. The zero-order valence-corrected chi connectivity index (χ0v) is 11.8. The third-order valence-corrected chi connectivity index (χ3v) is 2.87. The van der Waals surface area contributed by atoms with Crippen LogP contribution in [0.2, 0.25) is 0 Å². The second-order valence-corrected chi connectivity index (χ2v) is 4.55. The van der Waals surface area contributed by atoms with Crippen LogP contribution in [0.25, 0.3) is 0 Å². The van der Waals surface area contributed by atoms with Gasteiger partial charge >= 0.3 is 0 Å². The van der Waals surface area contributed by atoms with Gasteiger partial charge < -0.3 is 26.8 Å². The predicted octanol–water partition coefficient (Wildman–Crippen LogP) is 1.28. The number of aliphatic hydroxyl groups is 1. The molecule has 0 aromatic heterocycles. The van der Waals surface area contributed by atoms with Crippen LogP contribution in [0, 0.1) is 0 Å². The smallest absolute Gasteiger partial charge is 0.115 e. The summed E-state index contributed by atoms with van der Waals surface area (Å²) in [6.45, 7) is 0.857. The molecule has 7 N–H and O–H groups in total. The quantitative estimate of drug-likeness (QED) is 0.582. The molecule has 0 bridgehead atoms. The molecule has 1 atom stereocenters. The van der Waals surface area contributed by atoms with Gasteiger partial charge in [-0.1, -0.05) is 24.3 Å². The summed E-state index contributed by atoms with van der Waals surface area (Å²) in [5.41, 5.74) is 12.5. The summed E-state index contributed by atoms with van der Waals surface area (Å²) in [6, 6.07) is 13.4. The lowest BCUT2D eigenvalue weighted by Gasteiger charge is -2.06. The molecule has 0 radical (unpaired) electrons. The third-order valence-electron chi connectivity index (χ3n) is 2.87. The van der Waals surface area contributed by atoms with Gasteiger partial charge in [-0.05, 0) is 48.4 Å². The molecule has 0 saturated carbocycles. The Morgan fingerprint density at radius 3 is 1.71 bits per heavy atom. The van der Waals surface area contributed by atoms with Gasteiger partial charge in [-0.15, -0.1) is 0 Å². The molecule has 1 unspecified atom stereocenters. The zero-order chi connectivity index (χ0) is 15.7. The Kier molecular flexibility index (Phi) is 7.25. The number of rotatable bonds is 4. The van der Waals surface area contributed by atoms with E-state index in [9.17, 15) is 5.11 Å². The van der Waals surface area contributed by atoms with Crippen molar-refractivity contribution in [1.29, 1.82) is 0 Å². The van der Waals surface area contributed by atoms with Crippen LogP contribution in [0.4, 0.5) is 0 Å². The summed E-state index contributed by atoms with van der Waals surface area (Å²) in [6.07, 6.45) is 0.246. The van der Waals surface area contributed by atoms with E-state index in [1.807, 2.05) is 12.1 Å². The van der Waals surface area contributed by atoms with E-state index in [4.69, 9.17) is 21.7 Å². The first-order chi connectivity index (χ1) is 10.1. The van der Waals surface area contributed by atoms with Gasteiger partial charge in [-0.25, -0.2) is 0 Å². The monoisotopic (exact) mass is 290 g/mol. The molecule has 0 aliphatic carbocycles. The van der Waals surface area contributed by atoms with Crippen LogP contribution in [-0.2, 0) is 6.42 Å². The van der Waals surface area contributed by atoms with Gasteiger partial charge in [0.25, 0.3) is 0 Å². The van der Waals surface area contributed by atoms with Crippen molar-refractivity contribution in [1.82, 2.24) is 0 Å². The van der Waals surface area contributed by atoms with Crippen LogP contribution in [0.5, 0.6) is 11.5 Å². The van der Waals surface area contributed by atoms with Crippen molar-refractivity contribution in [2.45, 2.75) is 12.5 Å². The molecule has 0 spiro atoms. The third kappa shape index (κ3) is 6.27. The lowest BCUT2D eigenvalue weighted by molar-refractivity contribution is 0.186. The Hall–Kier alpha value is -2.08. The fourth-order valence-corrected chi connectivity index (χ4v) is 1.66. The second kappa shape index (κ2) is 8.97. The predicted molar refractivity (Wildman–Crippen MR) is 83.0 cm³/mol. The van der Waals surface area contributed by atoms with Gasteiger partial charge in [-0.3, -0.25) is 0 Å². The van der Waals surface area contributed by atoms with Crippen LogP contribution >= 0.6 is 0 Å². The van der Waals surface area contributed by atoms with Crippen molar-refractivity contribution in [3.8, 4) is 11.5 Å². The van der Waals surface area contributed by atoms with Gasteiger partial charge in [0.1, 0.15) is 11.5 Å². The maximum atomic E-state index is 9.21. The maximum Gasteiger partial charge on any atom is 0.115 e. The first-order valence-electron chi connectivity index (χ1n) is 6.72. The van der Waals surface area contributed by atoms with Crippen molar-refractivity contribution >= 4 is 0 Å². The summed E-state index contributed by atoms with van der Waals surface area (Å²) in [7, 11) is 0. The molecule has 0 amide bonds. The molecule has 0 aliphatic heterocycles. The summed E-state index contributed by atoms with van der Waals surface area (Å²) in [5.74, 6) is 0.499. The fourth-order valence-electron chi connectivity index (χ4n) is 1.66. The van der Waals surface area contributed by atoms with E-state index in [0.29, 0.717) is 12.3 Å². The number of aromatic hydroxyl groups is 2. The highest BCUT2D eigenvalue weighted by Crippen LogP contribution is 2.15. The van der Waals surface area contributed by atoms with E-state index in [-0.39, 0.29) is 12.3 Å². The summed E-state index contributed by atoms with van der Waals surface area (Å²) < 4.78 is 0. The zero-order valence-electron chi connectivity index (χ0n) is 11.8. The van der Waals surface area contributed by atoms with Crippen molar-refractivity contribution in [3.63, 3.8) is 0 Å². The number of phenolic OH excluding ortho intramolecular Hbond substituents is 2. The average molecular weight is 290 g/mol. The normalized spacial score (nSPS) is 11.4. The topological polar surface area (TPSA) is 113 Å². The highest BCUT2D eigenvalue weighted by atomic mass is 16.3. The van der Waals surface area contributed by atoms with Crippen molar-refractivity contribution in [2.24, 2.45) is 11.5 Å². The maximum absolute atomic E-state index is 9.21. The molecular formula is C16H22N2O3. The summed E-state index contributed by atoms with van der Waals surface area (Å²) >= 11 is 0. The first kappa shape index (κ1) is 17.0. The van der Waals surface area contributed by atoms with Gasteiger partial charge in [-0.2, -0.15) is 0 Å². The van der Waals surface area contributed by atoms with E-state index in [0.717, 1.165) is 12.0 Å². The highest BCUT2D eigenvalue weighted by Gasteiger charge is 2.02. The Balaban J connectivity index is 0.000000211. The van der Waals surface area contributed by atoms with E-state index in [1.165, 1.54) is 17.7 Å². The molecule has 0 fully saturated rings. The number of aliphatic hydroxyl groups excluding tert-OH is 1. The fraction of sp³-hybridized carbons (Fsp3) is 0.250. The van der Waals surface area contributed by atoms with Gasteiger partial charge in [0.15, 0.2) is 0 Å². The molecule has 2 rings (SSSR count). The number of hydrogen-bond acceptors (Lipinski definition) is 5. The Bertz CT molecular complexity index is 512. The SMILES string of the molecule is NCC(O)c1ccc(O)cc1.NCCc1ccc(O)cc1. The van der Waals surface area contributed by atoms with Crippen molar-refractivity contribution < 1.29 is 15.3 Å². The first-order valence-corrected chi connectivity index (χ1v) is 6.72. The number of phenols is 2. The Labute approximate surface area is 124 Å². The molecule has 0 saturated heterocycles. The van der Waals surface area contributed by atoms with Crippen LogP contribution in [-0.4, -0.2) is 28.4 Å². The lowest BCUT2D eigenvalue weighted by Crippen LogP contribution is -2.10. The summed E-state index contributed by atoms with van der Waals surface area (Å²) in [4.78, 5) is 0. The van der Waals surface area contributed by atoms with Crippen LogP contribution in [0.1, 0.15) is 17.2 Å². The number of hydrogen-bond donors (Lipinski definition) is 5. The minimum Gasteiger partial charge on any atom is -0.508 e. The van der Waals surface area contributed by atoms with Crippen molar-refractivity contribution in [2.75, 3.05) is 13.1 Å². The molecule has 114 valence electrons. The van der Waals surface area contributed by atoms with Crippen LogP contribution in [0.15, 0.2) is 48.5 Å². The average Bonchev–Trinajstić information content (AvgIpc) is 2.50. The number of benzene rings is 2. The largest absolute Gasteiger partial charge is 0.508 e. The minimum atomic E-state index is -0.629. The molecular weight excluding hydrogens is 268 g/mol. The molecule has 0 heterocycles. The Morgan fingerprint density at radius 2 is 1.29 bits per heavy atom. The number of nitrogens with two attached hydrogens (primary N) is 2. The van der Waals surface area contributed by atoms with Crippen LogP contribution < -0.4 is 11.5 Å². The molecule has 2 aromatic rings. The minimum absolute atomic E-state index is 0.193. The van der Waals surface area contributed by atoms with Crippen LogP contribution in [0.3, 0.4) is 0 Å². The molecule has 2 aromatic carbocycles. The van der Waals surface area contributed by atoms with Gasteiger partial charge in [0, 0.05) is 6.54 Å². The van der Waals surface area contributed by atoms with E-state index < -0.39 is 6.10 Å².